The molecule has 0 aliphatic rings. The zero-order valence-electron chi connectivity index (χ0n) is 16.2. The van der Waals surface area contributed by atoms with Gasteiger partial charge in [-0.1, -0.05) is 31.2 Å². The minimum Gasteiger partial charge on any atom is -0.493 e. The van der Waals surface area contributed by atoms with Crippen LogP contribution < -0.4 is 14.8 Å². The third-order valence-electron chi connectivity index (χ3n) is 4.27. The number of nitrogens with one attached hydrogen (secondary N) is 1. The number of para-hydroxylation sites is 1. The van der Waals surface area contributed by atoms with E-state index >= 15 is 0 Å². The molecule has 0 saturated carbocycles. The topological polar surface area (TPSA) is 67.9 Å². The van der Waals surface area contributed by atoms with Crippen LogP contribution in [0, 0.1) is 0 Å². The van der Waals surface area contributed by atoms with Gasteiger partial charge in [0.15, 0.2) is 11.5 Å². The average Bonchev–Trinajstić information content (AvgIpc) is 2.67. The molecule has 2 aromatic rings. The van der Waals surface area contributed by atoms with Crippen LogP contribution in [0.15, 0.2) is 42.5 Å². The Balaban J connectivity index is 2.09. The molecule has 0 aliphatic carbocycles. The minimum atomic E-state index is -0.230. The molecule has 0 saturated heterocycles. The quantitative estimate of drug-likeness (QED) is 0.774. The van der Waals surface area contributed by atoms with Gasteiger partial charge in [0.2, 0.25) is 11.8 Å². The number of benzene rings is 2. The van der Waals surface area contributed by atoms with Crippen molar-refractivity contribution in [3.8, 4) is 11.5 Å². The van der Waals surface area contributed by atoms with Crippen molar-refractivity contribution in [3.05, 3.63) is 53.6 Å². The van der Waals surface area contributed by atoms with Gasteiger partial charge >= 0.3 is 0 Å². The molecule has 0 atom stereocenters. The van der Waals surface area contributed by atoms with Gasteiger partial charge in [-0.15, -0.1) is 0 Å². The van der Waals surface area contributed by atoms with Gasteiger partial charge < -0.3 is 19.7 Å². The first-order valence-corrected chi connectivity index (χ1v) is 8.82. The summed E-state index contributed by atoms with van der Waals surface area (Å²) < 4.78 is 10.5. The summed E-state index contributed by atoms with van der Waals surface area (Å²) in [6, 6.07) is 13.1. The number of hydrogen-bond acceptors (Lipinski definition) is 4. The molecule has 2 aromatic carbocycles. The molecular weight excluding hydrogens is 344 g/mol. The van der Waals surface area contributed by atoms with Gasteiger partial charge in [-0.05, 0) is 35.7 Å². The minimum absolute atomic E-state index is 0.0261. The summed E-state index contributed by atoms with van der Waals surface area (Å²) in [6.07, 6.45) is 0.818. The maximum atomic E-state index is 12.5. The van der Waals surface area contributed by atoms with E-state index in [1.54, 1.807) is 26.4 Å². The van der Waals surface area contributed by atoms with Crippen molar-refractivity contribution in [2.45, 2.75) is 26.8 Å². The summed E-state index contributed by atoms with van der Waals surface area (Å²) in [5.74, 6) is 0.791. The number of carbonyl (C=O) groups is 2. The zero-order chi connectivity index (χ0) is 19.8. The second-order valence-electron chi connectivity index (χ2n) is 6.12. The van der Waals surface area contributed by atoms with Crippen molar-refractivity contribution < 1.29 is 19.1 Å². The first kappa shape index (κ1) is 20.3. The molecule has 27 heavy (non-hydrogen) atoms. The Bertz CT molecular complexity index is 805. The second-order valence-corrected chi connectivity index (χ2v) is 6.12. The number of nitrogens with zero attached hydrogens (tertiary/aromatic N) is 1. The molecule has 0 radical (unpaired) electrons. The number of rotatable bonds is 8. The first-order chi connectivity index (χ1) is 13.0. The summed E-state index contributed by atoms with van der Waals surface area (Å²) in [4.78, 5) is 26.0. The molecule has 0 aliphatic heterocycles. The van der Waals surface area contributed by atoms with Gasteiger partial charge in [-0.3, -0.25) is 9.59 Å². The lowest BCUT2D eigenvalue weighted by Gasteiger charge is -2.21. The molecule has 2 rings (SSSR count). The van der Waals surface area contributed by atoms with Gasteiger partial charge in [-0.25, -0.2) is 0 Å². The van der Waals surface area contributed by atoms with E-state index < -0.39 is 0 Å². The predicted octanol–water partition coefficient (Wildman–Crippen LogP) is 3.25. The van der Waals surface area contributed by atoms with E-state index in [9.17, 15) is 9.59 Å². The van der Waals surface area contributed by atoms with Crippen LogP contribution in [0.3, 0.4) is 0 Å². The Morgan fingerprint density at radius 2 is 1.74 bits per heavy atom. The molecule has 0 aromatic heterocycles. The fraction of sp³-hybridized carbons (Fsp3) is 0.333. The number of methoxy groups -OCH3 is 2. The van der Waals surface area contributed by atoms with Crippen molar-refractivity contribution in [1.29, 1.82) is 0 Å². The van der Waals surface area contributed by atoms with Crippen LogP contribution in [-0.4, -0.2) is 37.5 Å². The van der Waals surface area contributed by atoms with Crippen LogP contribution in [0.4, 0.5) is 5.69 Å². The van der Waals surface area contributed by atoms with Crippen molar-refractivity contribution >= 4 is 17.5 Å². The number of carbonyl (C=O) groups excluding carboxylic acids is 2. The van der Waals surface area contributed by atoms with E-state index in [0.717, 1.165) is 23.2 Å². The standard InChI is InChI=1S/C21H26N2O4/c1-5-17-8-6-7-9-18(17)22-21(25)14-23(15(2)24)13-16-10-11-19(26-3)20(12-16)27-4/h6-12H,5,13-14H2,1-4H3,(H,22,25). The van der Waals surface area contributed by atoms with E-state index in [2.05, 4.69) is 5.32 Å². The van der Waals surface area contributed by atoms with Crippen LogP contribution >= 0.6 is 0 Å². The first-order valence-electron chi connectivity index (χ1n) is 8.82. The summed E-state index contributed by atoms with van der Waals surface area (Å²) in [7, 11) is 3.13. The van der Waals surface area contributed by atoms with Gasteiger partial charge in [0.05, 0.1) is 14.2 Å². The van der Waals surface area contributed by atoms with Crippen LogP contribution in [0.1, 0.15) is 25.0 Å². The Kier molecular flexibility index (Phi) is 7.23. The fourth-order valence-corrected chi connectivity index (χ4v) is 2.79. The highest BCUT2D eigenvalue weighted by molar-refractivity contribution is 5.94. The van der Waals surface area contributed by atoms with Gasteiger partial charge in [0.25, 0.3) is 0 Å². The third kappa shape index (κ3) is 5.48. The lowest BCUT2D eigenvalue weighted by atomic mass is 10.1. The maximum Gasteiger partial charge on any atom is 0.244 e. The van der Waals surface area contributed by atoms with Crippen molar-refractivity contribution in [1.82, 2.24) is 4.90 Å². The third-order valence-corrected chi connectivity index (χ3v) is 4.27. The predicted molar refractivity (Wildman–Crippen MR) is 105 cm³/mol. The Hall–Kier alpha value is -3.02. The second kappa shape index (κ2) is 9.62. The summed E-state index contributed by atoms with van der Waals surface area (Å²) >= 11 is 0. The van der Waals surface area contributed by atoms with Crippen LogP contribution in [-0.2, 0) is 22.6 Å². The normalized spacial score (nSPS) is 10.2. The zero-order valence-corrected chi connectivity index (χ0v) is 16.2. The average molecular weight is 370 g/mol. The van der Waals surface area contributed by atoms with Crippen LogP contribution in [0.5, 0.6) is 11.5 Å². The maximum absolute atomic E-state index is 12.5. The lowest BCUT2D eigenvalue weighted by molar-refractivity contribution is -0.133. The van der Waals surface area contributed by atoms with Crippen molar-refractivity contribution in [2.75, 3.05) is 26.1 Å². The number of ether oxygens (including phenoxy) is 2. The number of anilines is 1. The lowest BCUT2D eigenvalue weighted by Crippen LogP contribution is -2.36. The molecule has 6 nitrogen and oxygen atoms in total. The molecule has 144 valence electrons. The number of hydrogen-bond donors (Lipinski definition) is 1. The van der Waals surface area contributed by atoms with Gasteiger partial charge in [0, 0.05) is 19.2 Å². The van der Waals surface area contributed by atoms with E-state index in [1.165, 1.54) is 11.8 Å². The Labute approximate surface area is 160 Å². The monoisotopic (exact) mass is 370 g/mol. The number of aryl methyl sites for hydroxylation is 1. The van der Waals surface area contributed by atoms with Gasteiger partial charge in [0.1, 0.15) is 6.54 Å². The molecule has 0 bridgehead atoms. The summed E-state index contributed by atoms with van der Waals surface area (Å²) in [5, 5.41) is 2.90. The highest BCUT2D eigenvalue weighted by Gasteiger charge is 2.16. The highest BCUT2D eigenvalue weighted by atomic mass is 16.5. The fourth-order valence-electron chi connectivity index (χ4n) is 2.79. The van der Waals surface area contributed by atoms with E-state index in [1.807, 2.05) is 37.3 Å². The molecule has 0 spiro atoms. The summed E-state index contributed by atoms with van der Waals surface area (Å²) in [6.45, 7) is 3.76. The SMILES string of the molecule is CCc1ccccc1NC(=O)CN(Cc1ccc(OC)c(OC)c1)C(C)=O. The largest absolute Gasteiger partial charge is 0.493 e. The van der Waals surface area contributed by atoms with E-state index in [0.29, 0.717) is 18.0 Å². The smallest absolute Gasteiger partial charge is 0.244 e. The highest BCUT2D eigenvalue weighted by Crippen LogP contribution is 2.28. The molecule has 0 heterocycles. The Morgan fingerprint density at radius 3 is 2.37 bits per heavy atom. The van der Waals surface area contributed by atoms with E-state index in [4.69, 9.17) is 9.47 Å². The molecule has 6 heteroatoms. The van der Waals surface area contributed by atoms with Crippen LogP contribution in [0.2, 0.25) is 0 Å². The molecule has 0 fully saturated rings. The summed E-state index contributed by atoms with van der Waals surface area (Å²) in [5.41, 5.74) is 2.68. The molecule has 0 unspecified atom stereocenters. The molecule has 1 N–H and O–H groups in total. The molecule has 2 amide bonds. The van der Waals surface area contributed by atoms with Crippen molar-refractivity contribution in [3.63, 3.8) is 0 Å². The molecular formula is C21H26N2O4. The van der Waals surface area contributed by atoms with Crippen LogP contribution in [0.25, 0.3) is 0 Å². The van der Waals surface area contributed by atoms with E-state index in [-0.39, 0.29) is 18.4 Å². The van der Waals surface area contributed by atoms with Gasteiger partial charge in [-0.2, -0.15) is 0 Å². The Morgan fingerprint density at radius 1 is 1.04 bits per heavy atom. The number of amides is 2. The van der Waals surface area contributed by atoms with Crippen molar-refractivity contribution in [2.24, 2.45) is 0 Å².